The van der Waals surface area contributed by atoms with Crippen molar-refractivity contribution in [3.05, 3.63) is 220 Å². The van der Waals surface area contributed by atoms with E-state index in [9.17, 15) is 0 Å². The SMILES string of the molecule is CC(C)(C)c1ccc(N(c2ccc(C(C)(C)C)cc2)c2cc3c4ccccc4c4c5c6c(c7c8ccccc8c(c2)c3c47)-n2c3ccc(C(C)(C)C)cc3c3cc(C(C)(C)C)cc(c32)[SH]6c2cc(C(C)(C)C)cc3c2C(C5)c2ccc(C(C)(C)C)cc2-3)cc1. The summed E-state index contributed by atoms with van der Waals surface area (Å²) in [4.78, 5) is 7.14. The van der Waals surface area contributed by atoms with Gasteiger partial charge in [-0.2, -0.15) is 10.9 Å². The van der Waals surface area contributed by atoms with E-state index in [4.69, 9.17) is 0 Å². The number of rotatable bonds is 3. The van der Waals surface area contributed by atoms with Gasteiger partial charge in [0.15, 0.2) is 0 Å². The van der Waals surface area contributed by atoms with Crippen LogP contribution < -0.4 is 4.90 Å². The van der Waals surface area contributed by atoms with Crippen molar-refractivity contribution in [2.75, 3.05) is 4.90 Å². The first-order valence-corrected chi connectivity index (χ1v) is 34.2. The maximum Gasteiger partial charge on any atom is 0.0675 e. The summed E-state index contributed by atoms with van der Waals surface area (Å²) >= 11 is 0. The molecule has 2 nitrogen and oxygen atoms in total. The zero-order valence-electron chi connectivity index (χ0n) is 55.8. The van der Waals surface area contributed by atoms with E-state index in [-0.39, 0.29) is 38.4 Å². The fraction of sp³-hybridized carbons (Fsp3) is 0.302. The average Bonchev–Trinajstić information content (AvgIpc) is 1.64. The lowest BCUT2D eigenvalue weighted by Gasteiger charge is -2.37. The molecule has 0 spiro atoms. The highest BCUT2D eigenvalue weighted by Gasteiger charge is 2.45. The molecule has 446 valence electrons. The molecule has 3 heteroatoms. The van der Waals surface area contributed by atoms with E-state index in [0.717, 1.165) is 23.5 Å². The first-order valence-electron chi connectivity index (χ1n) is 32.8. The first kappa shape index (κ1) is 56.4. The molecule has 2 atom stereocenters. The van der Waals surface area contributed by atoms with Crippen LogP contribution in [0.2, 0.25) is 0 Å². The van der Waals surface area contributed by atoms with Gasteiger partial charge < -0.3 is 9.47 Å². The number of anilines is 3. The summed E-state index contributed by atoms with van der Waals surface area (Å²) in [6.45, 7) is 42.8. The van der Waals surface area contributed by atoms with Crippen molar-refractivity contribution < 1.29 is 0 Å². The molecule has 3 heterocycles. The largest absolute Gasteiger partial charge is 0.310 e. The third-order valence-corrected chi connectivity index (χ3v) is 23.6. The molecule has 1 aliphatic carbocycles. The highest BCUT2D eigenvalue weighted by Crippen LogP contribution is 2.70. The summed E-state index contributed by atoms with van der Waals surface area (Å²) in [6.07, 6.45) is 0.910. The molecule has 2 unspecified atom stereocenters. The Morgan fingerprint density at radius 1 is 0.360 bits per heavy atom. The molecule has 3 aliphatic rings. The molecule has 0 saturated carbocycles. The second-order valence-electron chi connectivity index (χ2n) is 33.0. The summed E-state index contributed by atoms with van der Waals surface area (Å²) in [5, 5.41) is 16.2. The highest BCUT2D eigenvalue weighted by molar-refractivity contribution is 8.17. The maximum absolute atomic E-state index is 2.83. The van der Waals surface area contributed by atoms with E-state index in [1.165, 1.54) is 142 Å². The van der Waals surface area contributed by atoms with E-state index in [1.54, 1.807) is 15.4 Å². The van der Waals surface area contributed by atoms with E-state index < -0.39 is 10.9 Å². The second kappa shape index (κ2) is 18.4. The molecule has 0 N–H and O–H groups in total. The van der Waals surface area contributed by atoms with Crippen molar-refractivity contribution in [2.45, 2.75) is 184 Å². The highest BCUT2D eigenvalue weighted by atomic mass is 32.2. The molecule has 16 rings (SSSR count). The molecule has 2 aliphatic heterocycles. The molecule has 89 heavy (non-hydrogen) atoms. The fourth-order valence-corrected chi connectivity index (χ4v) is 19.1. The Bertz CT molecular complexity index is 5120. The summed E-state index contributed by atoms with van der Waals surface area (Å²) in [6, 6.07) is 68.8. The lowest BCUT2D eigenvalue weighted by atomic mass is 9.80. The van der Waals surface area contributed by atoms with Gasteiger partial charge >= 0.3 is 0 Å². The van der Waals surface area contributed by atoms with Crippen molar-refractivity contribution >= 4 is 104 Å². The van der Waals surface area contributed by atoms with Gasteiger partial charge in [0.1, 0.15) is 0 Å². The van der Waals surface area contributed by atoms with Crippen LogP contribution in [0.3, 0.4) is 0 Å². The number of benzene rings is 12. The van der Waals surface area contributed by atoms with Crippen LogP contribution in [0, 0.1) is 0 Å². The Labute approximate surface area is 530 Å². The Hall–Kier alpha value is -7.85. The van der Waals surface area contributed by atoms with Gasteiger partial charge in [-0.25, -0.2) is 0 Å². The number of aromatic nitrogens is 1. The van der Waals surface area contributed by atoms with Crippen LogP contribution in [0.1, 0.15) is 181 Å². The van der Waals surface area contributed by atoms with Gasteiger partial charge in [0.25, 0.3) is 0 Å². The summed E-state index contributed by atoms with van der Waals surface area (Å²) in [5.41, 5.74) is 23.1. The van der Waals surface area contributed by atoms with Crippen molar-refractivity contribution in [3.8, 4) is 16.8 Å². The van der Waals surface area contributed by atoms with Gasteiger partial charge in [-0.3, -0.25) is 0 Å². The molecular formula is C86H86N2S. The van der Waals surface area contributed by atoms with Gasteiger partial charge in [0, 0.05) is 59.2 Å². The Morgan fingerprint density at radius 2 is 0.820 bits per heavy atom. The monoisotopic (exact) mass is 1180 g/mol. The Morgan fingerprint density at radius 3 is 1.37 bits per heavy atom. The number of thiol groups is 1. The van der Waals surface area contributed by atoms with Crippen LogP contribution in [0.5, 0.6) is 0 Å². The van der Waals surface area contributed by atoms with Gasteiger partial charge in [0.05, 0.1) is 16.7 Å². The first-order chi connectivity index (χ1) is 41.9. The van der Waals surface area contributed by atoms with Crippen molar-refractivity contribution in [1.29, 1.82) is 0 Å². The Kier molecular flexibility index (Phi) is 11.7. The zero-order chi connectivity index (χ0) is 62.3. The van der Waals surface area contributed by atoms with Crippen molar-refractivity contribution in [3.63, 3.8) is 0 Å². The molecule has 0 fully saturated rings. The normalized spacial score (nSPS) is 16.3. The number of fused-ring (bicyclic) bond motifs is 17. The van der Waals surface area contributed by atoms with Crippen LogP contribution in [0.4, 0.5) is 17.1 Å². The van der Waals surface area contributed by atoms with Crippen LogP contribution in [-0.2, 0) is 38.9 Å². The number of hydrogen-bond acceptors (Lipinski definition) is 1. The topological polar surface area (TPSA) is 8.17 Å². The minimum atomic E-state index is -1.17. The molecule has 0 saturated heterocycles. The van der Waals surface area contributed by atoms with Crippen LogP contribution in [0.15, 0.2) is 185 Å². The van der Waals surface area contributed by atoms with E-state index in [1.807, 2.05) is 0 Å². The predicted octanol–water partition coefficient (Wildman–Crippen LogP) is 24.7. The Balaban J connectivity index is 1.12. The van der Waals surface area contributed by atoms with Crippen LogP contribution in [-0.4, -0.2) is 4.57 Å². The molecular weight excluding hydrogens is 1090 g/mol. The molecule has 1 aromatic heterocycles. The number of nitrogens with zero attached hydrogens (tertiary/aromatic N) is 2. The smallest absolute Gasteiger partial charge is 0.0675 e. The fourth-order valence-electron chi connectivity index (χ4n) is 16.0. The zero-order valence-corrected chi connectivity index (χ0v) is 56.7. The lowest BCUT2D eigenvalue weighted by molar-refractivity contribution is 0.588. The van der Waals surface area contributed by atoms with Gasteiger partial charge in [-0.15, -0.1) is 0 Å². The predicted molar refractivity (Wildman–Crippen MR) is 388 cm³/mol. The van der Waals surface area contributed by atoms with Crippen LogP contribution >= 0.6 is 10.9 Å². The quantitative estimate of drug-likeness (QED) is 0.105. The van der Waals surface area contributed by atoms with Crippen molar-refractivity contribution in [2.24, 2.45) is 0 Å². The molecule has 0 bridgehead atoms. The molecule has 0 amide bonds. The third kappa shape index (κ3) is 8.21. The summed E-state index contributed by atoms with van der Waals surface area (Å²) in [5.74, 6) is 0.172. The third-order valence-electron chi connectivity index (χ3n) is 21.0. The van der Waals surface area contributed by atoms with Gasteiger partial charge in [0.2, 0.25) is 0 Å². The van der Waals surface area contributed by atoms with E-state index in [2.05, 4.69) is 304 Å². The van der Waals surface area contributed by atoms with Gasteiger partial charge in [-0.1, -0.05) is 228 Å². The van der Waals surface area contributed by atoms with Gasteiger partial charge in [-0.05, 0) is 210 Å². The lowest BCUT2D eigenvalue weighted by Crippen LogP contribution is -2.15. The standard InChI is InChI=1S/C86H86N2S/c1-81(2,3)48-27-33-54(34-28-48)87(55-35-29-49(30-36-55)82(4,5)6)56-45-65-57-23-19-21-25-60(57)74-69-47-67-59-37-31-50(83(7,8)9)39-62(59)64-41-52(85(13,14)15)43-71(73(64)67)89-72-44-53(86(16,17)18)42-68-63-40-51(84(10,11)12)32-38-70(63)88(78(68)72)79(80(69)89)76-61-26-22-20-24-58(61)66(46-56)75(65)77(74)76/h19-46,67,89H,47H2,1-18H3. The minimum Gasteiger partial charge on any atom is -0.310 e. The summed E-state index contributed by atoms with van der Waals surface area (Å²) < 4.78 is 2.83. The average molecular weight is 1180 g/mol. The number of hydrogen-bond donors (Lipinski definition) is 1. The summed E-state index contributed by atoms with van der Waals surface area (Å²) in [7, 11) is -1.17. The second-order valence-corrected chi connectivity index (χ2v) is 35.1. The minimum absolute atomic E-state index is 0.00202. The molecule has 13 aromatic rings. The van der Waals surface area contributed by atoms with E-state index in [0.29, 0.717) is 0 Å². The van der Waals surface area contributed by atoms with Crippen LogP contribution in [0.25, 0.3) is 92.5 Å². The van der Waals surface area contributed by atoms with E-state index >= 15 is 0 Å². The van der Waals surface area contributed by atoms with Crippen molar-refractivity contribution in [1.82, 2.24) is 4.57 Å². The molecule has 12 aromatic carbocycles. The maximum atomic E-state index is 2.83. The molecule has 0 radical (unpaired) electrons.